The molecule has 1 aromatic rings. The van der Waals surface area contributed by atoms with Gasteiger partial charge in [-0.1, -0.05) is 25.5 Å². The molecule has 0 aliphatic carbocycles. The number of hydrogen-bond acceptors (Lipinski definition) is 2. The number of aryl methyl sites for hydroxylation is 3. The molecule has 1 fully saturated rings. The van der Waals surface area contributed by atoms with Crippen LogP contribution >= 0.6 is 0 Å². The highest BCUT2D eigenvalue weighted by atomic mass is 15.2. The lowest BCUT2D eigenvalue weighted by atomic mass is 9.80. The minimum Gasteiger partial charge on any atom is -0.322 e. The van der Waals surface area contributed by atoms with Gasteiger partial charge in [0.2, 0.25) is 0 Å². The Hall–Kier alpha value is -0.860. The summed E-state index contributed by atoms with van der Waals surface area (Å²) < 4.78 is 0. The first kappa shape index (κ1) is 16.5. The average molecular weight is 288 g/mol. The highest BCUT2D eigenvalue weighted by Crippen LogP contribution is 2.36. The zero-order chi connectivity index (χ0) is 15.6. The van der Waals surface area contributed by atoms with Crippen LogP contribution in [0.4, 0.5) is 0 Å². The minimum atomic E-state index is 0.0624. The Bertz CT molecular complexity index is 489. The maximum absolute atomic E-state index is 6.79. The Morgan fingerprint density at radius 1 is 1.05 bits per heavy atom. The summed E-state index contributed by atoms with van der Waals surface area (Å²) in [5.41, 5.74) is 12.2. The largest absolute Gasteiger partial charge is 0.322 e. The molecule has 1 aliphatic heterocycles. The molecule has 2 atom stereocenters. The van der Waals surface area contributed by atoms with E-state index in [1.807, 2.05) is 0 Å². The van der Waals surface area contributed by atoms with Crippen LogP contribution in [0.1, 0.15) is 67.8 Å². The van der Waals surface area contributed by atoms with Crippen molar-refractivity contribution in [2.45, 2.75) is 71.9 Å². The van der Waals surface area contributed by atoms with Gasteiger partial charge in [-0.05, 0) is 82.3 Å². The molecule has 0 aromatic heterocycles. The van der Waals surface area contributed by atoms with Crippen LogP contribution in [0.25, 0.3) is 0 Å². The summed E-state index contributed by atoms with van der Waals surface area (Å²) in [5.74, 6) is 0. The van der Waals surface area contributed by atoms with Crippen LogP contribution in [-0.2, 0) is 0 Å². The first-order valence-electron chi connectivity index (χ1n) is 8.48. The van der Waals surface area contributed by atoms with Gasteiger partial charge >= 0.3 is 0 Å². The van der Waals surface area contributed by atoms with E-state index < -0.39 is 0 Å². The van der Waals surface area contributed by atoms with Gasteiger partial charge in [0.15, 0.2) is 0 Å². The molecule has 0 bridgehead atoms. The molecular weight excluding hydrogens is 256 g/mol. The van der Waals surface area contributed by atoms with Crippen molar-refractivity contribution in [1.82, 2.24) is 4.90 Å². The zero-order valence-electron chi connectivity index (χ0n) is 14.5. The van der Waals surface area contributed by atoms with Gasteiger partial charge in [-0.15, -0.1) is 0 Å². The summed E-state index contributed by atoms with van der Waals surface area (Å²) in [6, 6.07) is 4.68. The van der Waals surface area contributed by atoms with E-state index in [-0.39, 0.29) is 11.6 Å². The number of nitrogens with two attached hydrogens (primary N) is 1. The maximum atomic E-state index is 6.79. The van der Waals surface area contributed by atoms with Crippen molar-refractivity contribution in [3.63, 3.8) is 0 Å². The molecule has 0 saturated carbocycles. The number of likely N-dealkylation sites (tertiary alicyclic amines) is 1. The Labute approximate surface area is 130 Å². The minimum absolute atomic E-state index is 0.0624. The van der Waals surface area contributed by atoms with Crippen LogP contribution in [0.15, 0.2) is 12.1 Å². The van der Waals surface area contributed by atoms with Crippen molar-refractivity contribution in [2.24, 2.45) is 5.73 Å². The van der Waals surface area contributed by atoms with E-state index in [9.17, 15) is 0 Å². The van der Waals surface area contributed by atoms with Gasteiger partial charge in [-0.2, -0.15) is 0 Å². The normalized spacial score (nSPS) is 21.0. The highest BCUT2D eigenvalue weighted by molar-refractivity contribution is 5.39. The molecular formula is C19H32N2. The van der Waals surface area contributed by atoms with Gasteiger partial charge < -0.3 is 5.73 Å². The highest BCUT2D eigenvalue weighted by Gasteiger charge is 2.38. The van der Waals surface area contributed by atoms with E-state index in [0.29, 0.717) is 0 Å². The van der Waals surface area contributed by atoms with Gasteiger partial charge in [-0.25, -0.2) is 0 Å². The third kappa shape index (κ3) is 3.17. The molecule has 1 heterocycles. The standard InChI is InChI=1S/C19H32N2/c1-6-19(5,21-10-8-7-9-11-21)18(20)17-13-15(3)14(2)12-16(17)4/h12-13,18H,6-11,20H2,1-5H3. The fraction of sp³-hybridized carbons (Fsp3) is 0.684. The topological polar surface area (TPSA) is 29.3 Å². The summed E-state index contributed by atoms with van der Waals surface area (Å²) in [7, 11) is 0. The van der Waals surface area contributed by atoms with Crippen LogP contribution in [0, 0.1) is 20.8 Å². The van der Waals surface area contributed by atoms with E-state index in [1.54, 1.807) is 0 Å². The quantitative estimate of drug-likeness (QED) is 0.896. The van der Waals surface area contributed by atoms with Crippen LogP contribution < -0.4 is 5.73 Å². The SMILES string of the molecule is CCC(C)(C(N)c1cc(C)c(C)cc1C)N1CCCCC1. The average Bonchev–Trinajstić information content (AvgIpc) is 2.50. The van der Waals surface area contributed by atoms with Crippen LogP contribution in [0.2, 0.25) is 0 Å². The molecule has 21 heavy (non-hydrogen) atoms. The maximum Gasteiger partial charge on any atom is 0.0482 e. The predicted octanol–water partition coefficient (Wildman–Crippen LogP) is 4.27. The van der Waals surface area contributed by atoms with E-state index in [4.69, 9.17) is 5.73 Å². The van der Waals surface area contributed by atoms with Crippen LogP contribution in [0.3, 0.4) is 0 Å². The number of rotatable bonds is 4. The van der Waals surface area contributed by atoms with Crippen molar-refractivity contribution in [3.05, 3.63) is 34.4 Å². The second-order valence-corrected chi connectivity index (χ2v) is 7.03. The third-order valence-corrected chi connectivity index (χ3v) is 5.68. The van der Waals surface area contributed by atoms with Gasteiger partial charge in [-0.3, -0.25) is 4.90 Å². The van der Waals surface area contributed by atoms with Gasteiger partial charge in [0.1, 0.15) is 0 Å². The molecule has 1 aliphatic rings. The number of piperidine rings is 1. The summed E-state index contributed by atoms with van der Waals surface area (Å²) in [6.45, 7) is 13.6. The van der Waals surface area contributed by atoms with E-state index >= 15 is 0 Å². The fourth-order valence-corrected chi connectivity index (χ4v) is 3.70. The fourth-order valence-electron chi connectivity index (χ4n) is 3.70. The van der Waals surface area contributed by atoms with Crippen molar-refractivity contribution in [1.29, 1.82) is 0 Å². The molecule has 2 rings (SSSR count). The number of benzene rings is 1. The first-order valence-corrected chi connectivity index (χ1v) is 8.48. The first-order chi connectivity index (χ1) is 9.90. The molecule has 2 nitrogen and oxygen atoms in total. The Kier molecular flexibility index (Phi) is 5.11. The van der Waals surface area contributed by atoms with Gasteiger partial charge in [0.25, 0.3) is 0 Å². The molecule has 1 saturated heterocycles. The molecule has 0 radical (unpaired) electrons. The summed E-state index contributed by atoms with van der Waals surface area (Å²) >= 11 is 0. The molecule has 1 aromatic carbocycles. The second kappa shape index (κ2) is 6.50. The predicted molar refractivity (Wildman–Crippen MR) is 91.7 cm³/mol. The monoisotopic (exact) mass is 288 g/mol. The molecule has 0 amide bonds. The molecule has 0 spiro atoms. The lowest BCUT2D eigenvalue weighted by Crippen LogP contribution is -2.54. The summed E-state index contributed by atoms with van der Waals surface area (Å²) in [6.07, 6.45) is 5.09. The van der Waals surface area contributed by atoms with Gasteiger partial charge in [0.05, 0.1) is 0 Å². The van der Waals surface area contributed by atoms with Gasteiger partial charge in [0, 0.05) is 11.6 Å². The van der Waals surface area contributed by atoms with Crippen molar-refractivity contribution in [2.75, 3.05) is 13.1 Å². The second-order valence-electron chi connectivity index (χ2n) is 7.03. The van der Waals surface area contributed by atoms with Crippen molar-refractivity contribution in [3.8, 4) is 0 Å². The lowest BCUT2D eigenvalue weighted by Gasteiger charge is -2.47. The van der Waals surface area contributed by atoms with E-state index in [0.717, 1.165) is 6.42 Å². The summed E-state index contributed by atoms with van der Waals surface area (Å²) in [5, 5.41) is 0. The number of hydrogen-bond donors (Lipinski definition) is 1. The zero-order valence-corrected chi connectivity index (χ0v) is 14.5. The van der Waals surface area contributed by atoms with E-state index in [1.165, 1.54) is 54.6 Å². The van der Waals surface area contributed by atoms with Crippen molar-refractivity contribution < 1.29 is 0 Å². The Balaban J connectivity index is 2.35. The molecule has 118 valence electrons. The smallest absolute Gasteiger partial charge is 0.0482 e. The van der Waals surface area contributed by atoms with Crippen LogP contribution in [-0.4, -0.2) is 23.5 Å². The Morgan fingerprint density at radius 3 is 2.19 bits per heavy atom. The Morgan fingerprint density at radius 2 is 1.62 bits per heavy atom. The van der Waals surface area contributed by atoms with Crippen molar-refractivity contribution >= 4 is 0 Å². The summed E-state index contributed by atoms with van der Waals surface area (Å²) in [4.78, 5) is 2.63. The van der Waals surface area contributed by atoms with Crippen LogP contribution in [0.5, 0.6) is 0 Å². The molecule has 2 heteroatoms. The molecule has 2 unspecified atom stereocenters. The van der Waals surface area contributed by atoms with E-state index in [2.05, 4.69) is 51.7 Å². The molecule has 2 N–H and O–H groups in total. The number of nitrogens with zero attached hydrogens (tertiary/aromatic N) is 1. The third-order valence-electron chi connectivity index (χ3n) is 5.68. The lowest BCUT2D eigenvalue weighted by molar-refractivity contribution is 0.0541.